The number of fused-ring (bicyclic) bond motifs is 1. The van der Waals surface area contributed by atoms with E-state index in [0.717, 1.165) is 49.2 Å². The predicted molar refractivity (Wildman–Crippen MR) is 169 cm³/mol. The van der Waals surface area contributed by atoms with Crippen molar-refractivity contribution < 1.29 is 23.9 Å². The molecule has 3 amide bonds. The first-order valence-electron chi connectivity index (χ1n) is 15.4. The van der Waals surface area contributed by atoms with Gasteiger partial charge in [-0.1, -0.05) is 55.7 Å². The van der Waals surface area contributed by atoms with E-state index in [9.17, 15) is 19.2 Å². The number of amides is 3. The van der Waals surface area contributed by atoms with Crippen LogP contribution in [0.5, 0.6) is 0 Å². The second-order valence-electron chi connectivity index (χ2n) is 11.8. The normalized spacial score (nSPS) is 17.8. The number of ether oxygens (including phenoxy) is 1. The van der Waals surface area contributed by atoms with Crippen LogP contribution in [0.1, 0.15) is 53.6 Å². The van der Waals surface area contributed by atoms with Crippen molar-refractivity contribution in [3.05, 3.63) is 89.5 Å². The molecule has 9 heteroatoms. The minimum Gasteiger partial charge on any atom is -0.378 e. The lowest BCUT2D eigenvalue weighted by Gasteiger charge is -2.45. The lowest BCUT2D eigenvalue weighted by atomic mass is 9.78. The summed E-state index contributed by atoms with van der Waals surface area (Å²) in [6.07, 6.45) is 3.58. The third-order valence-corrected chi connectivity index (χ3v) is 9.18. The van der Waals surface area contributed by atoms with Gasteiger partial charge in [0, 0.05) is 31.0 Å². The van der Waals surface area contributed by atoms with E-state index in [-0.39, 0.29) is 24.9 Å². The van der Waals surface area contributed by atoms with Crippen LogP contribution in [0.15, 0.2) is 72.8 Å². The van der Waals surface area contributed by atoms with E-state index in [0.29, 0.717) is 43.0 Å². The number of nitrogens with one attached hydrogen (secondary N) is 1. The Morgan fingerprint density at radius 2 is 1.57 bits per heavy atom. The Labute approximate surface area is 257 Å². The summed E-state index contributed by atoms with van der Waals surface area (Å²) < 4.78 is 5.47. The summed E-state index contributed by atoms with van der Waals surface area (Å²) in [5.41, 5.74) is 3.27. The van der Waals surface area contributed by atoms with E-state index in [1.807, 2.05) is 55.5 Å². The van der Waals surface area contributed by atoms with Crippen LogP contribution in [0.3, 0.4) is 0 Å². The van der Waals surface area contributed by atoms with Gasteiger partial charge in [0.2, 0.25) is 11.8 Å². The Bertz CT molecular complexity index is 1560. The fraction of sp³-hybridized carbons (Fsp3) is 0.371. The van der Waals surface area contributed by atoms with Crippen molar-refractivity contribution in [2.45, 2.75) is 51.1 Å². The zero-order chi connectivity index (χ0) is 30.7. The first kappa shape index (κ1) is 29.6. The molecule has 6 rings (SSSR count). The Hall–Kier alpha value is -4.50. The van der Waals surface area contributed by atoms with Crippen LogP contribution in [-0.2, 0) is 25.7 Å². The van der Waals surface area contributed by atoms with Gasteiger partial charge in [-0.05, 0) is 67.3 Å². The number of carbonyl (C=O) groups is 4. The first-order valence-corrected chi connectivity index (χ1v) is 15.4. The van der Waals surface area contributed by atoms with Crippen molar-refractivity contribution in [3.8, 4) is 0 Å². The Morgan fingerprint density at radius 3 is 2.30 bits per heavy atom. The van der Waals surface area contributed by atoms with Crippen molar-refractivity contribution >= 4 is 40.6 Å². The standard InChI is InChI=1S/C35H38N4O5/c1-25-9-3-4-10-26(25)23-39(31(40)24-38-30-12-6-5-11-29(30)32(41)33(38)42)35(17-7-2-8-18-35)34(43)36-27-13-15-28(16-14-27)37-19-21-44-22-20-37/h3-6,9-16H,2,7-8,17-24H2,1H3,(H,36,43). The number of aryl methyl sites for hydroxylation is 1. The molecule has 44 heavy (non-hydrogen) atoms. The summed E-state index contributed by atoms with van der Waals surface area (Å²) in [5.74, 6) is -1.95. The maximum Gasteiger partial charge on any atom is 0.299 e. The average Bonchev–Trinajstić information content (AvgIpc) is 3.30. The molecular weight excluding hydrogens is 556 g/mol. The number of Topliss-reactive ketones (excluding diaryl/α,β-unsaturated/α-hetero) is 1. The third-order valence-electron chi connectivity index (χ3n) is 9.18. The highest BCUT2D eigenvalue weighted by molar-refractivity contribution is 6.52. The summed E-state index contributed by atoms with van der Waals surface area (Å²) in [4.78, 5) is 59.7. The summed E-state index contributed by atoms with van der Waals surface area (Å²) in [6.45, 7) is 4.90. The second-order valence-corrected chi connectivity index (χ2v) is 11.8. The van der Waals surface area contributed by atoms with Gasteiger partial charge in [-0.2, -0.15) is 0 Å². The molecule has 0 spiro atoms. The lowest BCUT2D eigenvalue weighted by Crippen LogP contribution is -2.61. The van der Waals surface area contributed by atoms with Gasteiger partial charge >= 0.3 is 0 Å². The molecule has 2 heterocycles. The Balaban J connectivity index is 1.31. The SMILES string of the molecule is Cc1ccccc1CN(C(=O)CN1C(=O)C(=O)c2ccccc21)C1(C(=O)Nc2ccc(N3CCOCC3)cc2)CCCCC1. The number of carbonyl (C=O) groups excluding carboxylic acids is 4. The minimum absolute atomic E-state index is 0.215. The van der Waals surface area contributed by atoms with Crippen molar-refractivity contribution in [2.75, 3.05) is 48.0 Å². The second kappa shape index (κ2) is 12.6. The van der Waals surface area contributed by atoms with Crippen molar-refractivity contribution in [2.24, 2.45) is 0 Å². The van der Waals surface area contributed by atoms with Crippen LogP contribution in [0, 0.1) is 6.92 Å². The molecule has 1 aliphatic carbocycles. The predicted octanol–water partition coefficient (Wildman–Crippen LogP) is 4.73. The van der Waals surface area contributed by atoms with E-state index >= 15 is 0 Å². The molecule has 0 atom stereocenters. The fourth-order valence-electron chi connectivity index (χ4n) is 6.64. The Kier molecular flexibility index (Phi) is 8.48. The van der Waals surface area contributed by atoms with E-state index in [1.165, 1.54) is 4.90 Å². The van der Waals surface area contributed by atoms with Gasteiger partial charge < -0.3 is 19.9 Å². The van der Waals surface area contributed by atoms with E-state index in [1.54, 1.807) is 29.2 Å². The topological polar surface area (TPSA) is 99.3 Å². The van der Waals surface area contributed by atoms with Crippen LogP contribution in [-0.4, -0.2) is 66.8 Å². The number of nitrogens with zero attached hydrogens (tertiary/aromatic N) is 3. The number of rotatable bonds is 8. The maximum absolute atomic E-state index is 14.4. The summed E-state index contributed by atoms with van der Waals surface area (Å²) in [5, 5.41) is 3.13. The van der Waals surface area contributed by atoms with Crippen LogP contribution in [0.4, 0.5) is 17.1 Å². The van der Waals surface area contributed by atoms with Crippen LogP contribution >= 0.6 is 0 Å². The van der Waals surface area contributed by atoms with Gasteiger partial charge in [-0.25, -0.2) is 0 Å². The van der Waals surface area contributed by atoms with E-state index in [2.05, 4.69) is 10.2 Å². The minimum atomic E-state index is -1.12. The van der Waals surface area contributed by atoms with Crippen molar-refractivity contribution in [1.29, 1.82) is 0 Å². The first-order chi connectivity index (χ1) is 21.4. The van der Waals surface area contributed by atoms with Gasteiger partial charge in [0.1, 0.15) is 12.1 Å². The van der Waals surface area contributed by atoms with Gasteiger partial charge in [0.05, 0.1) is 24.5 Å². The molecule has 1 saturated heterocycles. The highest BCUT2D eigenvalue weighted by Gasteiger charge is 2.48. The smallest absolute Gasteiger partial charge is 0.299 e. The fourth-order valence-corrected chi connectivity index (χ4v) is 6.64. The molecule has 2 fully saturated rings. The highest BCUT2D eigenvalue weighted by atomic mass is 16.5. The monoisotopic (exact) mass is 594 g/mol. The van der Waals surface area contributed by atoms with E-state index in [4.69, 9.17) is 4.74 Å². The molecular formula is C35H38N4O5. The summed E-state index contributed by atoms with van der Waals surface area (Å²) >= 11 is 0. The van der Waals surface area contributed by atoms with Crippen LogP contribution in [0.2, 0.25) is 0 Å². The molecule has 3 aliphatic rings. The maximum atomic E-state index is 14.4. The molecule has 2 aliphatic heterocycles. The Morgan fingerprint density at radius 1 is 0.886 bits per heavy atom. The number of morpholine rings is 1. The zero-order valence-electron chi connectivity index (χ0n) is 25.1. The van der Waals surface area contributed by atoms with Crippen molar-refractivity contribution in [3.63, 3.8) is 0 Å². The molecule has 228 valence electrons. The highest BCUT2D eigenvalue weighted by Crippen LogP contribution is 2.38. The number of hydrogen-bond donors (Lipinski definition) is 1. The average molecular weight is 595 g/mol. The molecule has 1 N–H and O–H groups in total. The van der Waals surface area contributed by atoms with Crippen LogP contribution in [0.25, 0.3) is 0 Å². The molecule has 3 aromatic carbocycles. The third kappa shape index (κ3) is 5.71. The lowest BCUT2D eigenvalue weighted by molar-refractivity contribution is -0.148. The molecule has 1 saturated carbocycles. The number of ketones is 1. The van der Waals surface area contributed by atoms with Gasteiger partial charge in [-0.15, -0.1) is 0 Å². The van der Waals surface area contributed by atoms with E-state index < -0.39 is 17.2 Å². The zero-order valence-corrected chi connectivity index (χ0v) is 25.1. The largest absolute Gasteiger partial charge is 0.378 e. The van der Waals surface area contributed by atoms with Crippen molar-refractivity contribution in [1.82, 2.24) is 4.90 Å². The van der Waals surface area contributed by atoms with Gasteiger partial charge in [0.25, 0.3) is 11.7 Å². The molecule has 0 unspecified atom stereocenters. The van der Waals surface area contributed by atoms with Gasteiger partial charge in [-0.3, -0.25) is 24.1 Å². The molecule has 0 bridgehead atoms. The molecule has 9 nitrogen and oxygen atoms in total. The molecule has 0 radical (unpaired) electrons. The van der Waals surface area contributed by atoms with Crippen LogP contribution < -0.4 is 15.1 Å². The summed E-state index contributed by atoms with van der Waals surface area (Å²) in [7, 11) is 0. The summed E-state index contributed by atoms with van der Waals surface area (Å²) in [6, 6.07) is 22.4. The number of para-hydroxylation sites is 1. The quantitative estimate of drug-likeness (QED) is 0.379. The number of anilines is 3. The van der Waals surface area contributed by atoms with Gasteiger partial charge in [0.15, 0.2) is 0 Å². The number of hydrogen-bond acceptors (Lipinski definition) is 6. The molecule has 3 aromatic rings. The number of benzene rings is 3. The molecule has 0 aromatic heterocycles.